The third-order valence-electron chi connectivity index (χ3n) is 1.99. The van der Waals surface area contributed by atoms with E-state index in [9.17, 15) is 13.2 Å². The van der Waals surface area contributed by atoms with Gasteiger partial charge in [-0.2, -0.15) is 0 Å². The summed E-state index contributed by atoms with van der Waals surface area (Å²) < 4.78 is 23.3. The van der Waals surface area contributed by atoms with Crippen molar-refractivity contribution in [3.63, 3.8) is 0 Å². The van der Waals surface area contributed by atoms with E-state index in [0.29, 0.717) is 5.56 Å². The number of sulfone groups is 1. The molecule has 0 fully saturated rings. The Bertz CT molecular complexity index is 488. The van der Waals surface area contributed by atoms with Crippen LogP contribution >= 0.6 is 0 Å². The molecule has 15 heavy (non-hydrogen) atoms. The van der Waals surface area contributed by atoms with E-state index in [4.69, 9.17) is 5.11 Å². The standard InChI is InChI=1S/C10H12O4S/c1-7-3-4-8(2)9(5-7)15(13,14)6-10(11)12/h3-5H,6H2,1-2H3,(H,11,12). The number of hydrogen-bond donors (Lipinski definition) is 1. The van der Waals surface area contributed by atoms with Gasteiger partial charge in [-0.3, -0.25) is 4.79 Å². The number of hydrogen-bond acceptors (Lipinski definition) is 3. The molecule has 1 aromatic carbocycles. The molecule has 0 bridgehead atoms. The van der Waals surface area contributed by atoms with Crippen LogP contribution in [0.15, 0.2) is 23.1 Å². The van der Waals surface area contributed by atoms with Crippen LogP contribution in [-0.4, -0.2) is 25.2 Å². The molecule has 82 valence electrons. The van der Waals surface area contributed by atoms with Crippen molar-refractivity contribution in [2.75, 3.05) is 5.75 Å². The van der Waals surface area contributed by atoms with E-state index >= 15 is 0 Å². The van der Waals surface area contributed by atoms with E-state index in [-0.39, 0.29) is 4.90 Å². The zero-order valence-electron chi connectivity index (χ0n) is 8.52. The third kappa shape index (κ3) is 2.79. The maximum atomic E-state index is 11.6. The molecule has 1 aromatic rings. The molecule has 5 heteroatoms. The molecule has 0 amide bonds. The number of carboxylic acids is 1. The Morgan fingerprint density at radius 1 is 1.33 bits per heavy atom. The van der Waals surface area contributed by atoms with Gasteiger partial charge in [0.15, 0.2) is 15.6 Å². The van der Waals surface area contributed by atoms with Crippen molar-refractivity contribution in [1.82, 2.24) is 0 Å². The third-order valence-corrected chi connectivity index (χ3v) is 3.73. The minimum absolute atomic E-state index is 0.102. The van der Waals surface area contributed by atoms with Crippen molar-refractivity contribution in [1.29, 1.82) is 0 Å². The number of benzene rings is 1. The summed E-state index contributed by atoms with van der Waals surface area (Å²) in [5.41, 5.74) is 1.37. The highest BCUT2D eigenvalue weighted by molar-refractivity contribution is 7.92. The van der Waals surface area contributed by atoms with Crippen molar-refractivity contribution in [3.05, 3.63) is 29.3 Å². The van der Waals surface area contributed by atoms with Gasteiger partial charge in [-0.15, -0.1) is 0 Å². The van der Waals surface area contributed by atoms with Crippen molar-refractivity contribution >= 4 is 15.8 Å². The molecule has 0 saturated carbocycles. The zero-order chi connectivity index (χ0) is 11.6. The topological polar surface area (TPSA) is 71.4 Å². The second-order valence-corrected chi connectivity index (χ2v) is 5.38. The molecule has 4 nitrogen and oxygen atoms in total. The first-order valence-electron chi connectivity index (χ1n) is 4.35. The number of carbonyl (C=O) groups is 1. The molecular formula is C10H12O4S. The number of carboxylic acid groups (broad SMARTS) is 1. The Labute approximate surface area is 88.5 Å². The normalized spacial score (nSPS) is 11.3. The highest BCUT2D eigenvalue weighted by Crippen LogP contribution is 2.17. The van der Waals surface area contributed by atoms with Gasteiger partial charge in [0.2, 0.25) is 0 Å². The predicted molar refractivity (Wildman–Crippen MR) is 55.6 cm³/mol. The molecule has 1 rings (SSSR count). The fraction of sp³-hybridized carbons (Fsp3) is 0.300. The maximum Gasteiger partial charge on any atom is 0.319 e. The highest BCUT2D eigenvalue weighted by Gasteiger charge is 2.20. The largest absolute Gasteiger partial charge is 0.480 e. The fourth-order valence-corrected chi connectivity index (χ4v) is 2.69. The van der Waals surface area contributed by atoms with Crippen LogP contribution in [0.2, 0.25) is 0 Å². The lowest BCUT2D eigenvalue weighted by molar-refractivity contribution is -0.134. The van der Waals surface area contributed by atoms with E-state index in [1.54, 1.807) is 26.0 Å². The molecule has 1 N–H and O–H groups in total. The molecule has 0 saturated heterocycles. The van der Waals surface area contributed by atoms with Crippen LogP contribution in [0.3, 0.4) is 0 Å². The molecule has 0 radical (unpaired) electrons. The molecule has 0 atom stereocenters. The van der Waals surface area contributed by atoms with E-state index in [1.165, 1.54) is 6.07 Å². The lowest BCUT2D eigenvalue weighted by Gasteiger charge is -2.06. The van der Waals surface area contributed by atoms with E-state index in [1.807, 2.05) is 0 Å². The highest BCUT2D eigenvalue weighted by atomic mass is 32.2. The van der Waals surface area contributed by atoms with Crippen LogP contribution in [0.1, 0.15) is 11.1 Å². The monoisotopic (exact) mass is 228 g/mol. The van der Waals surface area contributed by atoms with Gasteiger partial charge in [0.05, 0.1) is 4.90 Å². The fourth-order valence-electron chi connectivity index (χ4n) is 1.28. The minimum atomic E-state index is -3.71. The first-order chi connectivity index (χ1) is 6.83. The summed E-state index contributed by atoms with van der Waals surface area (Å²) in [4.78, 5) is 10.5. The Morgan fingerprint density at radius 2 is 1.93 bits per heavy atom. The van der Waals surface area contributed by atoms with E-state index in [2.05, 4.69) is 0 Å². The van der Waals surface area contributed by atoms with Gasteiger partial charge in [-0.05, 0) is 31.0 Å². The lowest BCUT2D eigenvalue weighted by atomic mass is 10.2. The Hall–Kier alpha value is -1.36. The molecule has 0 aliphatic carbocycles. The number of aryl methyl sites for hydroxylation is 2. The average Bonchev–Trinajstić information content (AvgIpc) is 2.06. The van der Waals surface area contributed by atoms with E-state index < -0.39 is 21.6 Å². The number of aliphatic carboxylic acids is 1. The van der Waals surface area contributed by atoms with Crippen molar-refractivity contribution in [2.24, 2.45) is 0 Å². The van der Waals surface area contributed by atoms with Crippen LogP contribution in [0.25, 0.3) is 0 Å². The zero-order valence-corrected chi connectivity index (χ0v) is 9.34. The quantitative estimate of drug-likeness (QED) is 0.842. The summed E-state index contributed by atoms with van der Waals surface area (Å²) in [6.45, 7) is 3.41. The molecule has 0 aromatic heterocycles. The second kappa shape index (κ2) is 4.02. The molecule has 0 aliphatic rings. The summed E-state index contributed by atoms with van der Waals surface area (Å²) in [6, 6.07) is 4.95. The SMILES string of the molecule is Cc1ccc(C)c(S(=O)(=O)CC(=O)O)c1. The summed E-state index contributed by atoms with van der Waals surface area (Å²) in [7, 11) is -3.71. The van der Waals surface area contributed by atoms with E-state index in [0.717, 1.165) is 5.56 Å². The van der Waals surface area contributed by atoms with Gasteiger partial charge in [-0.1, -0.05) is 12.1 Å². The predicted octanol–water partition coefficient (Wildman–Crippen LogP) is 1.16. The van der Waals surface area contributed by atoms with Gasteiger partial charge in [0, 0.05) is 0 Å². The first kappa shape index (κ1) is 11.7. The average molecular weight is 228 g/mol. The van der Waals surface area contributed by atoms with Gasteiger partial charge < -0.3 is 5.11 Å². The van der Waals surface area contributed by atoms with Crippen LogP contribution in [0, 0.1) is 13.8 Å². The van der Waals surface area contributed by atoms with Crippen LogP contribution in [0.5, 0.6) is 0 Å². The molecular weight excluding hydrogens is 216 g/mol. The smallest absolute Gasteiger partial charge is 0.319 e. The van der Waals surface area contributed by atoms with Gasteiger partial charge in [0.25, 0.3) is 0 Å². The van der Waals surface area contributed by atoms with Gasteiger partial charge >= 0.3 is 5.97 Å². The molecule has 0 unspecified atom stereocenters. The Morgan fingerprint density at radius 3 is 2.47 bits per heavy atom. The second-order valence-electron chi connectivity index (χ2n) is 3.42. The summed E-state index contributed by atoms with van der Waals surface area (Å²) in [5, 5.41) is 8.49. The van der Waals surface area contributed by atoms with Crippen LogP contribution < -0.4 is 0 Å². The van der Waals surface area contributed by atoms with Gasteiger partial charge in [0.1, 0.15) is 0 Å². The van der Waals surface area contributed by atoms with Crippen LogP contribution in [-0.2, 0) is 14.6 Å². The summed E-state index contributed by atoms with van der Waals surface area (Å²) in [6.07, 6.45) is 0. The Kier molecular flexibility index (Phi) is 3.14. The van der Waals surface area contributed by atoms with Gasteiger partial charge in [-0.25, -0.2) is 8.42 Å². The maximum absolute atomic E-state index is 11.6. The van der Waals surface area contributed by atoms with Crippen LogP contribution in [0.4, 0.5) is 0 Å². The molecule has 0 aliphatic heterocycles. The number of rotatable bonds is 3. The molecule has 0 spiro atoms. The van der Waals surface area contributed by atoms with Crippen molar-refractivity contribution in [2.45, 2.75) is 18.7 Å². The summed E-state index contributed by atoms with van der Waals surface area (Å²) in [5.74, 6) is -2.20. The lowest BCUT2D eigenvalue weighted by Crippen LogP contribution is -2.16. The van der Waals surface area contributed by atoms with Crippen molar-refractivity contribution in [3.8, 4) is 0 Å². The van der Waals surface area contributed by atoms with Crippen molar-refractivity contribution < 1.29 is 18.3 Å². The first-order valence-corrected chi connectivity index (χ1v) is 6.00. The molecule has 0 heterocycles. The summed E-state index contributed by atoms with van der Waals surface area (Å²) >= 11 is 0. The minimum Gasteiger partial charge on any atom is -0.480 e. The Balaban J connectivity index is 3.26.